The summed E-state index contributed by atoms with van der Waals surface area (Å²) in [6.45, 7) is 7.22. The maximum absolute atomic E-state index is 6.26. The van der Waals surface area contributed by atoms with Crippen molar-refractivity contribution in [1.29, 1.82) is 0 Å². The Hall–Kier alpha value is -1.66. The minimum absolute atomic E-state index is 0.0182. The van der Waals surface area contributed by atoms with Gasteiger partial charge in [-0.25, -0.2) is 0 Å². The zero-order chi connectivity index (χ0) is 15.4. The van der Waals surface area contributed by atoms with Crippen LogP contribution < -0.4 is 10.1 Å². The van der Waals surface area contributed by atoms with Gasteiger partial charge in [-0.15, -0.1) is 5.10 Å². The highest BCUT2D eigenvalue weighted by Gasteiger charge is 2.18. The highest BCUT2D eigenvalue weighted by molar-refractivity contribution is 6.32. The van der Waals surface area contributed by atoms with E-state index in [0.29, 0.717) is 28.2 Å². The Bertz CT molecular complexity index is 599. The Kier molecular flexibility index (Phi) is 5.14. The Morgan fingerprint density at radius 1 is 1.33 bits per heavy atom. The molecular formula is C14H20ClN5O. The molecule has 0 spiro atoms. The fraction of sp³-hybridized carbons (Fsp3) is 0.500. The van der Waals surface area contributed by atoms with Crippen molar-refractivity contribution in [3.63, 3.8) is 0 Å². The number of nitrogens with zero attached hydrogens (tertiary/aromatic N) is 4. The molecule has 0 aliphatic heterocycles. The molecule has 2 rings (SSSR count). The number of tetrazole rings is 1. The van der Waals surface area contributed by atoms with Gasteiger partial charge in [-0.2, -0.15) is 4.68 Å². The summed E-state index contributed by atoms with van der Waals surface area (Å²) >= 11 is 6.26. The van der Waals surface area contributed by atoms with E-state index >= 15 is 0 Å². The largest absolute Gasteiger partial charge is 0.497 e. The predicted octanol–water partition coefficient (Wildman–Crippen LogP) is 2.63. The monoisotopic (exact) mass is 309 g/mol. The van der Waals surface area contributed by atoms with Gasteiger partial charge < -0.3 is 10.1 Å². The number of nitrogens with one attached hydrogen (secondary N) is 1. The minimum Gasteiger partial charge on any atom is -0.497 e. The number of rotatable bonds is 6. The summed E-state index contributed by atoms with van der Waals surface area (Å²) in [4.78, 5) is 0. The number of methoxy groups -OCH3 is 1. The summed E-state index contributed by atoms with van der Waals surface area (Å²) in [5.41, 5.74) is 0.703. The van der Waals surface area contributed by atoms with Gasteiger partial charge in [0, 0.05) is 6.07 Å². The molecule has 0 saturated carbocycles. The van der Waals surface area contributed by atoms with Crippen LogP contribution in [0.5, 0.6) is 5.75 Å². The van der Waals surface area contributed by atoms with Crippen molar-refractivity contribution in [1.82, 2.24) is 25.5 Å². The fourth-order valence-corrected chi connectivity index (χ4v) is 2.12. The molecule has 114 valence electrons. The number of hydrogen-bond donors (Lipinski definition) is 1. The Balaban J connectivity index is 2.31. The Morgan fingerprint density at radius 3 is 2.76 bits per heavy atom. The second-order valence-electron chi connectivity index (χ2n) is 5.29. The molecule has 21 heavy (non-hydrogen) atoms. The second-order valence-corrected chi connectivity index (χ2v) is 5.70. The molecule has 1 atom stereocenters. The molecule has 0 radical (unpaired) electrons. The highest BCUT2D eigenvalue weighted by atomic mass is 35.5. The van der Waals surface area contributed by atoms with Gasteiger partial charge >= 0.3 is 0 Å². The van der Waals surface area contributed by atoms with Crippen LogP contribution in [0.1, 0.15) is 32.6 Å². The third-order valence-electron chi connectivity index (χ3n) is 3.09. The molecular weight excluding hydrogens is 290 g/mol. The van der Waals surface area contributed by atoms with Crippen LogP contribution in [-0.2, 0) is 0 Å². The molecule has 1 unspecified atom stereocenters. The van der Waals surface area contributed by atoms with Crippen LogP contribution in [0.3, 0.4) is 0 Å². The summed E-state index contributed by atoms with van der Waals surface area (Å²) in [5, 5.41) is 15.9. The van der Waals surface area contributed by atoms with E-state index in [-0.39, 0.29) is 6.04 Å². The first-order valence-corrected chi connectivity index (χ1v) is 7.26. The standard InChI is InChI=1S/C14H20ClN5O/c1-9(2)8-16-10(3)14-17-18-19-20(14)13-7-11(21-4)5-6-12(13)15/h5-7,9-10,16H,8H2,1-4H3. The van der Waals surface area contributed by atoms with Gasteiger partial charge in [0.1, 0.15) is 5.75 Å². The normalized spacial score (nSPS) is 12.7. The van der Waals surface area contributed by atoms with Crippen LogP contribution in [0.2, 0.25) is 5.02 Å². The van der Waals surface area contributed by atoms with Crippen LogP contribution in [0, 0.1) is 5.92 Å². The summed E-state index contributed by atoms with van der Waals surface area (Å²) in [6, 6.07) is 5.41. The average molecular weight is 310 g/mol. The lowest BCUT2D eigenvalue weighted by atomic mass is 10.2. The Labute approximate surface area is 129 Å². The topological polar surface area (TPSA) is 64.9 Å². The minimum atomic E-state index is 0.0182. The lowest BCUT2D eigenvalue weighted by Crippen LogP contribution is -2.25. The number of halogens is 1. The van der Waals surface area contributed by atoms with Crippen molar-refractivity contribution in [2.45, 2.75) is 26.8 Å². The predicted molar refractivity (Wildman–Crippen MR) is 82.0 cm³/mol. The van der Waals surface area contributed by atoms with Crippen LogP contribution in [0.25, 0.3) is 5.69 Å². The number of aromatic nitrogens is 4. The van der Waals surface area contributed by atoms with E-state index in [4.69, 9.17) is 16.3 Å². The molecule has 2 aromatic rings. The highest BCUT2D eigenvalue weighted by Crippen LogP contribution is 2.26. The number of ether oxygens (including phenoxy) is 1. The van der Waals surface area contributed by atoms with Gasteiger partial charge in [0.25, 0.3) is 0 Å². The van der Waals surface area contributed by atoms with Gasteiger partial charge in [0.15, 0.2) is 5.82 Å². The molecule has 1 heterocycles. The first-order chi connectivity index (χ1) is 10.0. The summed E-state index contributed by atoms with van der Waals surface area (Å²) in [7, 11) is 1.61. The van der Waals surface area contributed by atoms with Crippen molar-refractivity contribution in [2.24, 2.45) is 5.92 Å². The number of benzene rings is 1. The molecule has 1 aromatic carbocycles. The smallest absolute Gasteiger partial charge is 0.173 e. The lowest BCUT2D eigenvalue weighted by Gasteiger charge is -2.15. The van der Waals surface area contributed by atoms with E-state index < -0.39 is 0 Å². The quantitative estimate of drug-likeness (QED) is 0.888. The van der Waals surface area contributed by atoms with Gasteiger partial charge in [-0.3, -0.25) is 0 Å². The third kappa shape index (κ3) is 3.71. The van der Waals surface area contributed by atoms with Crippen LogP contribution >= 0.6 is 11.6 Å². The summed E-state index contributed by atoms with van der Waals surface area (Å²) < 4.78 is 6.87. The van der Waals surface area contributed by atoms with Gasteiger partial charge in [0.05, 0.1) is 23.9 Å². The third-order valence-corrected chi connectivity index (χ3v) is 3.41. The molecule has 6 nitrogen and oxygen atoms in total. The summed E-state index contributed by atoms with van der Waals surface area (Å²) in [6.07, 6.45) is 0. The molecule has 0 amide bonds. The van der Waals surface area contributed by atoms with E-state index in [0.717, 1.165) is 6.54 Å². The fourth-order valence-electron chi connectivity index (χ4n) is 1.92. The van der Waals surface area contributed by atoms with Crippen molar-refractivity contribution in [2.75, 3.05) is 13.7 Å². The lowest BCUT2D eigenvalue weighted by molar-refractivity contribution is 0.414. The average Bonchev–Trinajstić information content (AvgIpc) is 2.94. The number of hydrogen-bond acceptors (Lipinski definition) is 5. The molecule has 0 saturated heterocycles. The maximum Gasteiger partial charge on any atom is 0.173 e. The molecule has 0 bridgehead atoms. The van der Waals surface area contributed by atoms with Crippen LogP contribution in [0.15, 0.2) is 18.2 Å². The molecule has 7 heteroatoms. The SMILES string of the molecule is COc1ccc(Cl)c(-n2nnnc2C(C)NCC(C)C)c1. The first kappa shape index (κ1) is 15.7. The maximum atomic E-state index is 6.26. The van der Waals surface area contributed by atoms with E-state index in [1.807, 2.05) is 13.0 Å². The van der Waals surface area contributed by atoms with Gasteiger partial charge in [0.2, 0.25) is 0 Å². The second kappa shape index (κ2) is 6.87. The van der Waals surface area contributed by atoms with Crippen LogP contribution in [0.4, 0.5) is 0 Å². The van der Waals surface area contributed by atoms with Crippen LogP contribution in [-0.4, -0.2) is 33.9 Å². The summed E-state index contributed by atoms with van der Waals surface area (Å²) in [5.74, 6) is 1.97. The van der Waals surface area contributed by atoms with Crippen molar-refractivity contribution >= 4 is 11.6 Å². The van der Waals surface area contributed by atoms with E-state index in [9.17, 15) is 0 Å². The van der Waals surface area contributed by atoms with Crippen molar-refractivity contribution in [3.8, 4) is 11.4 Å². The van der Waals surface area contributed by atoms with Crippen molar-refractivity contribution < 1.29 is 4.74 Å². The Morgan fingerprint density at radius 2 is 2.10 bits per heavy atom. The molecule has 1 N–H and O–H groups in total. The zero-order valence-electron chi connectivity index (χ0n) is 12.7. The van der Waals surface area contributed by atoms with Gasteiger partial charge in [-0.05, 0) is 41.9 Å². The first-order valence-electron chi connectivity index (χ1n) is 6.88. The van der Waals surface area contributed by atoms with E-state index in [2.05, 4.69) is 34.7 Å². The van der Waals surface area contributed by atoms with E-state index in [1.165, 1.54) is 0 Å². The van der Waals surface area contributed by atoms with E-state index in [1.54, 1.807) is 23.9 Å². The molecule has 1 aromatic heterocycles. The molecule has 0 fully saturated rings. The van der Waals surface area contributed by atoms with Crippen molar-refractivity contribution in [3.05, 3.63) is 29.0 Å². The molecule has 0 aliphatic carbocycles. The zero-order valence-corrected chi connectivity index (χ0v) is 13.4. The van der Waals surface area contributed by atoms with Gasteiger partial charge in [-0.1, -0.05) is 25.4 Å². The molecule has 0 aliphatic rings.